The molecule has 1 amide bonds. The number of hydrogen-bond acceptors (Lipinski definition) is 2. The Balaban J connectivity index is 2.02. The lowest BCUT2D eigenvalue weighted by molar-refractivity contribution is -0.136. The van der Waals surface area contributed by atoms with Gasteiger partial charge in [-0.1, -0.05) is 25.7 Å². The molecule has 0 heterocycles. The fraction of sp³-hybridized carbons (Fsp3) is 0.632. The van der Waals surface area contributed by atoms with E-state index in [-0.39, 0.29) is 18.1 Å². The first kappa shape index (κ1) is 18.8. The normalized spacial score (nSPS) is 17.0. The zero-order chi connectivity index (χ0) is 17.7. The Morgan fingerprint density at radius 2 is 1.79 bits per heavy atom. The molecule has 134 valence electrons. The van der Waals surface area contributed by atoms with E-state index < -0.39 is 17.7 Å². The maximum absolute atomic E-state index is 13.3. The molecule has 1 aliphatic carbocycles. The molecule has 1 aliphatic rings. The van der Waals surface area contributed by atoms with Gasteiger partial charge in [0.15, 0.2) is 0 Å². The van der Waals surface area contributed by atoms with Crippen LogP contribution in [0.5, 0.6) is 0 Å². The maximum Gasteiger partial charge on any atom is 0.249 e. The van der Waals surface area contributed by atoms with Gasteiger partial charge in [-0.05, 0) is 50.8 Å². The number of rotatable bonds is 6. The molecule has 0 aliphatic heterocycles. The summed E-state index contributed by atoms with van der Waals surface area (Å²) in [6.45, 7) is 5.77. The van der Waals surface area contributed by atoms with Gasteiger partial charge in [-0.15, -0.1) is 0 Å². The highest BCUT2D eigenvalue weighted by molar-refractivity contribution is 5.81. The summed E-state index contributed by atoms with van der Waals surface area (Å²) in [5.74, 6) is -0.962. The molecule has 2 rings (SSSR count). The van der Waals surface area contributed by atoms with Crippen molar-refractivity contribution in [2.75, 3.05) is 0 Å². The highest BCUT2D eigenvalue weighted by Gasteiger charge is 2.28. The van der Waals surface area contributed by atoms with E-state index in [0.29, 0.717) is 17.9 Å². The number of hydrogen-bond donors (Lipinski definition) is 1. The van der Waals surface area contributed by atoms with Crippen LogP contribution < -0.4 is 5.32 Å². The van der Waals surface area contributed by atoms with Gasteiger partial charge in [0.25, 0.3) is 0 Å². The van der Waals surface area contributed by atoms with Crippen LogP contribution in [0.3, 0.4) is 0 Å². The van der Waals surface area contributed by atoms with Crippen LogP contribution in [-0.4, -0.2) is 17.6 Å². The van der Waals surface area contributed by atoms with Crippen molar-refractivity contribution in [2.45, 2.75) is 71.1 Å². The fourth-order valence-electron chi connectivity index (χ4n) is 3.14. The molecule has 1 saturated carbocycles. The third kappa shape index (κ3) is 6.19. The predicted molar refractivity (Wildman–Crippen MR) is 89.4 cm³/mol. The van der Waals surface area contributed by atoms with Crippen LogP contribution in [0, 0.1) is 17.6 Å². The van der Waals surface area contributed by atoms with E-state index in [1.807, 2.05) is 20.8 Å². The molecule has 0 bridgehead atoms. The van der Waals surface area contributed by atoms with Crippen molar-refractivity contribution in [3.8, 4) is 0 Å². The number of nitrogens with one attached hydrogen (secondary N) is 1. The van der Waals surface area contributed by atoms with Crippen molar-refractivity contribution in [1.82, 2.24) is 5.32 Å². The highest BCUT2D eigenvalue weighted by atomic mass is 19.1. The second-order valence-electron chi connectivity index (χ2n) is 7.70. The van der Waals surface area contributed by atoms with Crippen molar-refractivity contribution in [3.05, 3.63) is 35.4 Å². The van der Waals surface area contributed by atoms with Gasteiger partial charge in [0, 0.05) is 11.6 Å². The lowest BCUT2D eigenvalue weighted by Crippen LogP contribution is -2.47. The minimum Gasteiger partial charge on any atom is -0.364 e. The Morgan fingerprint density at radius 1 is 1.21 bits per heavy atom. The van der Waals surface area contributed by atoms with E-state index in [1.165, 1.54) is 25.0 Å². The molecule has 1 atom stereocenters. The minimum absolute atomic E-state index is 0.0175. The molecule has 0 radical (unpaired) electrons. The summed E-state index contributed by atoms with van der Waals surface area (Å²) in [7, 11) is 0. The van der Waals surface area contributed by atoms with Crippen LogP contribution >= 0.6 is 0 Å². The Hall–Kier alpha value is -1.49. The van der Waals surface area contributed by atoms with Gasteiger partial charge in [0.2, 0.25) is 5.91 Å². The molecule has 0 saturated heterocycles. The number of carbonyl (C=O) groups is 1. The number of benzene rings is 1. The highest BCUT2D eigenvalue weighted by Crippen LogP contribution is 2.29. The van der Waals surface area contributed by atoms with Crippen LogP contribution in [0.4, 0.5) is 8.78 Å². The molecule has 24 heavy (non-hydrogen) atoms. The monoisotopic (exact) mass is 339 g/mol. The maximum atomic E-state index is 13.3. The number of amides is 1. The van der Waals surface area contributed by atoms with Crippen molar-refractivity contribution < 1.29 is 18.3 Å². The first-order chi connectivity index (χ1) is 11.2. The molecule has 0 aromatic heterocycles. The average Bonchev–Trinajstić information content (AvgIpc) is 2.93. The Labute approximate surface area is 142 Å². The lowest BCUT2D eigenvalue weighted by Gasteiger charge is -2.26. The van der Waals surface area contributed by atoms with Gasteiger partial charge in [0.05, 0.1) is 6.61 Å². The standard InChI is InChI=1S/C19H27F2NO2/c1-19(2,3)22-18(23)17(10-13-6-4-5-7-13)24-12-14-8-15(20)11-16(21)9-14/h8-9,11,13,17H,4-7,10,12H2,1-3H3,(H,22,23). The van der Waals surface area contributed by atoms with E-state index in [2.05, 4.69) is 5.32 Å². The molecule has 1 N–H and O–H groups in total. The van der Waals surface area contributed by atoms with Crippen LogP contribution in [-0.2, 0) is 16.1 Å². The van der Waals surface area contributed by atoms with Crippen molar-refractivity contribution in [3.63, 3.8) is 0 Å². The van der Waals surface area contributed by atoms with Crippen molar-refractivity contribution >= 4 is 5.91 Å². The summed E-state index contributed by atoms with van der Waals surface area (Å²) in [6.07, 6.45) is 4.65. The quantitative estimate of drug-likeness (QED) is 0.837. The number of halogens is 2. The molecule has 1 unspecified atom stereocenters. The number of carbonyl (C=O) groups excluding carboxylic acids is 1. The minimum atomic E-state index is -0.639. The third-order valence-electron chi connectivity index (χ3n) is 4.19. The van der Waals surface area contributed by atoms with Gasteiger partial charge in [0.1, 0.15) is 17.7 Å². The van der Waals surface area contributed by atoms with Crippen LogP contribution in [0.2, 0.25) is 0 Å². The summed E-state index contributed by atoms with van der Waals surface area (Å²) < 4.78 is 32.3. The Kier molecular flexibility index (Phi) is 6.33. The van der Waals surface area contributed by atoms with Gasteiger partial charge >= 0.3 is 0 Å². The van der Waals surface area contributed by atoms with E-state index in [9.17, 15) is 13.6 Å². The lowest BCUT2D eigenvalue weighted by atomic mass is 9.98. The van der Waals surface area contributed by atoms with E-state index in [0.717, 1.165) is 18.9 Å². The Bertz CT molecular complexity index is 543. The van der Waals surface area contributed by atoms with Crippen LogP contribution in [0.1, 0.15) is 58.4 Å². The summed E-state index contributed by atoms with van der Waals surface area (Å²) >= 11 is 0. The Morgan fingerprint density at radius 3 is 2.33 bits per heavy atom. The van der Waals surface area contributed by atoms with Crippen molar-refractivity contribution in [1.29, 1.82) is 0 Å². The predicted octanol–water partition coefficient (Wildman–Crippen LogP) is 4.35. The zero-order valence-corrected chi connectivity index (χ0v) is 14.7. The van der Waals surface area contributed by atoms with E-state index >= 15 is 0 Å². The molecule has 1 fully saturated rings. The molecule has 1 aromatic rings. The van der Waals surface area contributed by atoms with Crippen LogP contribution in [0.15, 0.2) is 18.2 Å². The van der Waals surface area contributed by atoms with Gasteiger partial charge in [-0.25, -0.2) is 8.78 Å². The fourth-order valence-corrected chi connectivity index (χ4v) is 3.14. The van der Waals surface area contributed by atoms with E-state index in [1.54, 1.807) is 0 Å². The largest absolute Gasteiger partial charge is 0.364 e. The molecule has 5 heteroatoms. The summed E-state index contributed by atoms with van der Waals surface area (Å²) in [5, 5.41) is 2.94. The second-order valence-corrected chi connectivity index (χ2v) is 7.70. The first-order valence-corrected chi connectivity index (χ1v) is 8.61. The SMILES string of the molecule is CC(C)(C)NC(=O)C(CC1CCCC1)OCc1cc(F)cc(F)c1. The zero-order valence-electron chi connectivity index (χ0n) is 14.7. The molecular formula is C19H27F2NO2. The smallest absolute Gasteiger partial charge is 0.249 e. The molecule has 3 nitrogen and oxygen atoms in total. The topological polar surface area (TPSA) is 38.3 Å². The van der Waals surface area contributed by atoms with Gasteiger partial charge in [-0.3, -0.25) is 4.79 Å². The molecule has 1 aromatic carbocycles. The average molecular weight is 339 g/mol. The molecule has 0 spiro atoms. The van der Waals surface area contributed by atoms with E-state index in [4.69, 9.17) is 4.74 Å². The van der Waals surface area contributed by atoms with Gasteiger partial charge in [-0.2, -0.15) is 0 Å². The van der Waals surface area contributed by atoms with Gasteiger partial charge < -0.3 is 10.1 Å². The third-order valence-corrected chi connectivity index (χ3v) is 4.19. The summed E-state index contributed by atoms with van der Waals surface area (Å²) in [6, 6.07) is 3.29. The summed E-state index contributed by atoms with van der Waals surface area (Å²) in [4.78, 5) is 12.5. The summed E-state index contributed by atoms with van der Waals surface area (Å²) in [5.41, 5.74) is 0.0479. The number of ether oxygens (including phenoxy) is 1. The second kappa shape index (κ2) is 8.06. The van der Waals surface area contributed by atoms with Crippen molar-refractivity contribution in [2.24, 2.45) is 5.92 Å². The van der Waals surface area contributed by atoms with Crippen LogP contribution in [0.25, 0.3) is 0 Å². The molecular weight excluding hydrogens is 312 g/mol. The first-order valence-electron chi connectivity index (χ1n) is 8.61.